The molecule has 2 bridgehead atoms. The molecule has 0 radical (unpaired) electrons. The fourth-order valence-electron chi connectivity index (χ4n) is 8.34. The molecule has 4 fully saturated rings. The predicted octanol–water partition coefficient (Wildman–Crippen LogP) is 7.64. The molecular formula is C40H54N4O6. The molecule has 0 unspecified atom stereocenters. The zero-order chi connectivity index (χ0) is 35.5. The Morgan fingerprint density at radius 3 is 2.38 bits per heavy atom. The normalized spacial score (nSPS) is 24.8. The Morgan fingerprint density at radius 1 is 1.04 bits per heavy atom. The minimum absolute atomic E-state index is 0.0167. The van der Waals surface area contributed by atoms with Gasteiger partial charge in [0.05, 0.1) is 7.11 Å². The highest BCUT2D eigenvalue weighted by Gasteiger charge is 2.51. The number of aliphatic hydroxyl groups excluding tert-OH is 1. The van der Waals surface area contributed by atoms with Crippen LogP contribution in [0.1, 0.15) is 108 Å². The quantitative estimate of drug-likeness (QED) is 0.197. The van der Waals surface area contributed by atoms with Crippen LogP contribution < -0.4 is 15.0 Å². The first-order valence-corrected chi connectivity index (χ1v) is 18.4. The Kier molecular flexibility index (Phi) is 10.6. The van der Waals surface area contributed by atoms with Crippen molar-refractivity contribution in [2.45, 2.75) is 115 Å². The predicted molar refractivity (Wildman–Crippen MR) is 192 cm³/mol. The van der Waals surface area contributed by atoms with Gasteiger partial charge >= 0.3 is 6.09 Å². The van der Waals surface area contributed by atoms with Crippen LogP contribution >= 0.6 is 0 Å². The highest BCUT2D eigenvalue weighted by Crippen LogP contribution is 2.58. The fraction of sp³-hybridized carbons (Fsp3) is 0.600. The Labute approximate surface area is 296 Å². The number of pyridine rings is 1. The summed E-state index contributed by atoms with van der Waals surface area (Å²) >= 11 is 0. The lowest BCUT2D eigenvalue weighted by Crippen LogP contribution is -2.52. The number of aliphatic hydroxyl groups is 1. The van der Waals surface area contributed by atoms with E-state index in [4.69, 9.17) is 29.0 Å². The second-order valence-electron chi connectivity index (χ2n) is 16.0. The van der Waals surface area contributed by atoms with Crippen molar-refractivity contribution >= 4 is 17.8 Å². The van der Waals surface area contributed by atoms with Gasteiger partial charge in [0.2, 0.25) is 5.91 Å². The molecule has 2 amide bonds. The largest absolute Gasteiger partial charge is 0.496 e. The first kappa shape index (κ1) is 35.9. The number of alkyl carbamates (subject to hydrolysis) is 1. The van der Waals surface area contributed by atoms with E-state index in [1.807, 2.05) is 17.0 Å². The van der Waals surface area contributed by atoms with Crippen LogP contribution in [-0.4, -0.2) is 60.0 Å². The van der Waals surface area contributed by atoms with Gasteiger partial charge in [-0.05, 0) is 118 Å². The number of nitrogens with zero attached hydrogens (tertiary/aromatic N) is 3. The van der Waals surface area contributed by atoms with Crippen molar-refractivity contribution in [3.63, 3.8) is 0 Å². The molecule has 10 heteroatoms. The van der Waals surface area contributed by atoms with Crippen LogP contribution in [0, 0.1) is 18.3 Å². The molecule has 4 saturated carbocycles. The van der Waals surface area contributed by atoms with Gasteiger partial charge in [0.1, 0.15) is 29.6 Å². The molecule has 10 nitrogen and oxygen atoms in total. The van der Waals surface area contributed by atoms with Gasteiger partial charge in [-0.1, -0.05) is 32.9 Å². The maximum absolute atomic E-state index is 14.6. The number of amides is 2. The summed E-state index contributed by atoms with van der Waals surface area (Å²) in [5.41, 5.74) is 4.16. The maximum atomic E-state index is 14.6. The van der Waals surface area contributed by atoms with Crippen molar-refractivity contribution in [2.75, 3.05) is 31.7 Å². The van der Waals surface area contributed by atoms with E-state index < -0.39 is 6.09 Å². The smallest absolute Gasteiger partial charge is 0.407 e. The third-order valence-electron chi connectivity index (χ3n) is 11.5. The van der Waals surface area contributed by atoms with Crippen LogP contribution in [-0.2, 0) is 20.4 Å². The maximum Gasteiger partial charge on any atom is 0.407 e. The molecule has 0 atom stereocenters. The number of nitrogens with one attached hydrogen (secondary N) is 1. The summed E-state index contributed by atoms with van der Waals surface area (Å²) in [6, 6.07) is 10.6. The van der Waals surface area contributed by atoms with E-state index in [-0.39, 0.29) is 40.8 Å². The number of carbonyl (C=O) groups excluding carboxylic acids is 2. The van der Waals surface area contributed by atoms with Gasteiger partial charge in [-0.15, -0.1) is 0 Å². The number of aryl methyl sites for hydroxylation is 1. The summed E-state index contributed by atoms with van der Waals surface area (Å²) < 4.78 is 17.0. The summed E-state index contributed by atoms with van der Waals surface area (Å²) in [7, 11) is 1.72. The average Bonchev–Trinajstić information content (AvgIpc) is 3.64. The van der Waals surface area contributed by atoms with Crippen LogP contribution in [0.25, 0.3) is 11.3 Å². The molecule has 0 saturated heterocycles. The Morgan fingerprint density at radius 2 is 1.76 bits per heavy atom. The van der Waals surface area contributed by atoms with Crippen LogP contribution in [0.2, 0.25) is 0 Å². The lowest BCUT2D eigenvalue weighted by atomic mass is 9.51. The van der Waals surface area contributed by atoms with Crippen LogP contribution in [0.4, 0.5) is 10.6 Å². The monoisotopic (exact) mass is 686 g/mol. The van der Waals surface area contributed by atoms with Gasteiger partial charge in [-0.3, -0.25) is 9.69 Å². The van der Waals surface area contributed by atoms with Crippen molar-refractivity contribution in [2.24, 2.45) is 11.3 Å². The van der Waals surface area contributed by atoms with Crippen LogP contribution in [0.15, 0.2) is 47.2 Å². The highest BCUT2D eigenvalue weighted by atomic mass is 16.6. The second kappa shape index (κ2) is 14.7. The second-order valence-corrected chi connectivity index (χ2v) is 16.0. The number of rotatable bonds is 11. The molecule has 2 N–H and O–H groups in total. The zero-order valence-electron chi connectivity index (χ0n) is 30.4. The van der Waals surface area contributed by atoms with Crippen LogP contribution in [0.5, 0.6) is 5.75 Å². The molecule has 0 spiro atoms. The SMILES string of the molecule is COc1ccc(C23CCC(CN(c4cc(-c5coc(C(C)(C)C)n5)ccn4)C(=O)[C@H]4CC[C@H](OC(=O)NCCCO)CC4)(CC2)CC3)cc1C. The first-order valence-electron chi connectivity index (χ1n) is 18.4. The number of ether oxygens (including phenoxy) is 2. The van der Waals surface area contributed by atoms with Crippen molar-refractivity contribution in [3.8, 4) is 17.0 Å². The third-order valence-corrected chi connectivity index (χ3v) is 11.5. The van der Waals surface area contributed by atoms with E-state index in [0.717, 1.165) is 55.5 Å². The Balaban J connectivity index is 1.21. The molecule has 4 aliphatic carbocycles. The van der Waals surface area contributed by atoms with Crippen LogP contribution in [0.3, 0.4) is 0 Å². The summed E-state index contributed by atoms with van der Waals surface area (Å²) in [6.45, 7) is 9.36. The number of aromatic nitrogens is 2. The summed E-state index contributed by atoms with van der Waals surface area (Å²) in [5, 5.41) is 11.7. The first-order chi connectivity index (χ1) is 23.9. The average molecular weight is 687 g/mol. The number of anilines is 1. The van der Waals surface area contributed by atoms with Gasteiger partial charge in [-0.2, -0.15) is 0 Å². The van der Waals surface area contributed by atoms with Gasteiger partial charge in [0.25, 0.3) is 0 Å². The molecule has 50 heavy (non-hydrogen) atoms. The zero-order valence-corrected chi connectivity index (χ0v) is 30.4. The lowest BCUT2D eigenvalue weighted by molar-refractivity contribution is -0.124. The number of carbonyl (C=O) groups is 2. The van der Waals surface area contributed by atoms with Gasteiger partial charge in [0.15, 0.2) is 5.89 Å². The minimum Gasteiger partial charge on any atom is -0.496 e. The summed E-state index contributed by atoms with van der Waals surface area (Å²) in [6.07, 6.45) is 12.3. The lowest BCUT2D eigenvalue weighted by Gasteiger charge is -2.55. The number of methoxy groups -OCH3 is 1. The fourth-order valence-corrected chi connectivity index (χ4v) is 8.34. The number of fused-ring (bicyclic) bond motifs is 3. The summed E-state index contributed by atoms with van der Waals surface area (Å²) in [5.74, 6) is 2.16. The molecule has 1 aromatic carbocycles. The van der Waals surface area contributed by atoms with E-state index in [0.29, 0.717) is 56.9 Å². The van der Waals surface area contributed by atoms with Crippen molar-refractivity contribution in [1.29, 1.82) is 0 Å². The van der Waals surface area contributed by atoms with Crippen molar-refractivity contribution in [3.05, 3.63) is 59.8 Å². The van der Waals surface area contributed by atoms with Gasteiger partial charge in [0, 0.05) is 42.8 Å². The molecule has 2 aromatic heterocycles. The molecule has 2 heterocycles. The van der Waals surface area contributed by atoms with Crippen molar-refractivity contribution in [1.82, 2.24) is 15.3 Å². The van der Waals surface area contributed by atoms with E-state index in [2.05, 4.69) is 51.2 Å². The van der Waals surface area contributed by atoms with E-state index >= 15 is 0 Å². The Bertz CT molecular complexity index is 1630. The number of benzene rings is 1. The molecule has 270 valence electrons. The van der Waals surface area contributed by atoms with Gasteiger partial charge in [-0.25, -0.2) is 14.8 Å². The van der Waals surface area contributed by atoms with Gasteiger partial charge < -0.3 is 24.3 Å². The Hall–Kier alpha value is -3.92. The van der Waals surface area contributed by atoms with E-state index in [9.17, 15) is 9.59 Å². The van der Waals surface area contributed by atoms with E-state index in [1.165, 1.54) is 11.1 Å². The molecule has 7 rings (SSSR count). The topological polar surface area (TPSA) is 127 Å². The summed E-state index contributed by atoms with van der Waals surface area (Å²) in [4.78, 5) is 38.4. The molecular weight excluding hydrogens is 632 g/mol. The number of oxazole rings is 1. The molecule has 0 aliphatic heterocycles. The number of hydrogen-bond donors (Lipinski definition) is 2. The van der Waals surface area contributed by atoms with E-state index in [1.54, 1.807) is 19.6 Å². The standard InChI is InChI=1S/C40H54N4O6/c1-27-23-30(9-12-33(27)48-5)40-17-14-39(15-18-40,16-19-40)26-44(34-24-29(13-21-41-34)32-25-49-36(43-32)38(2,3)4)35(46)28-7-10-31(11-8-28)50-37(47)42-20-6-22-45/h9,12-13,21,23-25,28,31,45H,6-8,10-11,14-20,22,26H2,1-5H3,(H,42,47)/t28-,31-,39?,40?. The molecule has 3 aromatic rings. The third kappa shape index (κ3) is 7.70. The molecule has 4 aliphatic rings. The minimum atomic E-state index is -0.465. The van der Waals surface area contributed by atoms with Crippen molar-refractivity contribution < 1.29 is 28.6 Å². The number of hydrogen-bond acceptors (Lipinski definition) is 8. The highest BCUT2D eigenvalue weighted by molar-refractivity contribution is 5.95.